The largest absolute Gasteiger partial charge is 0.322 e. The van der Waals surface area contributed by atoms with Crippen LogP contribution in [-0.2, 0) is 5.54 Å². The second-order valence-electron chi connectivity index (χ2n) is 3.28. The van der Waals surface area contributed by atoms with Crippen molar-refractivity contribution in [3.63, 3.8) is 0 Å². The van der Waals surface area contributed by atoms with Crippen molar-refractivity contribution in [3.8, 4) is 0 Å². The van der Waals surface area contributed by atoms with Gasteiger partial charge in [0, 0.05) is 10.6 Å². The SMILES string of the molecule is CCC(C)(N)c1cccc(Cl)c1.Cl. The topological polar surface area (TPSA) is 26.0 Å². The van der Waals surface area contributed by atoms with Gasteiger partial charge in [-0.3, -0.25) is 0 Å². The zero-order valence-electron chi connectivity index (χ0n) is 7.88. The summed E-state index contributed by atoms with van der Waals surface area (Å²) in [7, 11) is 0. The summed E-state index contributed by atoms with van der Waals surface area (Å²) in [5.74, 6) is 0. The molecule has 3 heteroatoms. The van der Waals surface area contributed by atoms with E-state index < -0.39 is 0 Å². The van der Waals surface area contributed by atoms with E-state index in [1.165, 1.54) is 0 Å². The quantitative estimate of drug-likeness (QED) is 0.812. The molecule has 1 rings (SSSR count). The van der Waals surface area contributed by atoms with Crippen LogP contribution in [0, 0.1) is 0 Å². The van der Waals surface area contributed by atoms with E-state index in [1.54, 1.807) is 0 Å². The molecule has 1 atom stereocenters. The summed E-state index contributed by atoms with van der Waals surface area (Å²) in [4.78, 5) is 0. The van der Waals surface area contributed by atoms with E-state index >= 15 is 0 Å². The van der Waals surface area contributed by atoms with Crippen LogP contribution < -0.4 is 5.73 Å². The third-order valence-electron chi connectivity index (χ3n) is 2.22. The van der Waals surface area contributed by atoms with Gasteiger partial charge >= 0.3 is 0 Å². The molecule has 13 heavy (non-hydrogen) atoms. The predicted molar refractivity (Wildman–Crippen MR) is 60.5 cm³/mol. The minimum atomic E-state index is -0.259. The van der Waals surface area contributed by atoms with E-state index in [-0.39, 0.29) is 17.9 Å². The van der Waals surface area contributed by atoms with Crippen LogP contribution in [0.15, 0.2) is 24.3 Å². The molecule has 0 saturated carbocycles. The van der Waals surface area contributed by atoms with Crippen LogP contribution in [0.2, 0.25) is 5.02 Å². The predicted octanol–water partition coefficient (Wildman–Crippen LogP) is 3.35. The van der Waals surface area contributed by atoms with Crippen molar-refractivity contribution in [2.24, 2.45) is 5.73 Å². The van der Waals surface area contributed by atoms with E-state index in [1.807, 2.05) is 31.2 Å². The van der Waals surface area contributed by atoms with Gasteiger partial charge < -0.3 is 5.73 Å². The van der Waals surface area contributed by atoms with Gasteiger partial charge in [-0.2, -0.15) is 0 Å². The van der Waals surface area contributed by atoms with Crippen LogP contribution in [-0.4, -0.2) is 0 Å². The molecule has 0 fully saturated rings. The molecule has 0 aromatic heterocycles. The average molecular weight is 220 g/mol. The fraction of sp³-hybridized carbons (Fsp3) is 0.400. The number of hydrogen-bond acceptors (Lipinski definition) is 1. The molecule has 0 spiro atoms. The summed E-state index contributed by atoms with van der Waals surface area (Å²) in [6, 6.07) is 7.72. The molecular formula is C10H15Cl2N. The van der Waals surface area contributed by atoms with Crippen molar-refractivity contribution in [3.05, 3.63) is 34.9 Å². The van der Waals surface area contributed by atoms with Gasteiger partial charge in [-0.25, -0.2) is 0 Å². The highest BCUT2D eigenvalue weighted by Crippen LogP contribution is 2.23. The molecule has 0 bridgehead atoms. The highest BCUT2D eigenvalue weighted by atomic mass is 35.5. The molecule has 74 valence electrons. The molecule has 0 aliphatic rings. The molecule has 1 aromatic carbocycles. The number of rotatable bonds is 2. The molecule has 0 radical (unpaired) electrons. The molecule has 1 aromatic rings. The van der Waals surface area contributed by atoms with Crippen LogP contribution in [0.25, 0.3) is 0 Å². The lowest BCUT2D eigenvalue weighted by Gasteiger charge is -2.23. The molecule has 0 aliphatic heterocycles. The zero-order valence-corrected chi connectivity index (χ0v) is 9.45. The first-order chi connectivity index (χ1) is 5.56. The first kappa shape index (κ1) is 12.8. The van der Waals surface area contributed by atoms with Crippen molar-refractivity contribution in [2.45, 2.75) is 25.8 Å². The van der Waals surface area contributed by atoms with Gasteiger partial charge in [0.15, 0.2) is 0 Å². The monoisotopic (exact) mass is 219 g/mol. The molecule has 2 N–H and O–H groups in total. The first-order valence-electron chi connectivity index (χ1n) is 4.11. The van der Waals surface area contributed by atoms with E-state index in [4.69, 9.17) is 17.3 Å². The lowest BCUT2D eigenvalue weighted by Crippen LogP contribution is -2.31. The fourth-order valence-electron chi connectivity index (χ4n) is 1.05. The Bertz CT molecular complexity index is 271. The molecule has 1 unspecified atom stereocenters. The molecule has 0 amide bonds. The second kappa shape index (κ2) is 4.85. The van der Waals surface area contributed by atoms with Crippen LogP contribution >= 0.6 is 24.0 Å². The third kappa shape index (κ3) is 3.18. The van der Waals surface area contributed by atoms with E-state index in [0.717, 1.165) is 17.0 Å². The average Bonchev–Trinajstić information content (AvgIpc) is 2.05. The summed E-state index contributed by atoms with van der Waals surface area (Å²) in [5.41, 5.74) is 6.88. The molecule has 0 saturated heterocycles. The van der Waals surface area contributed by atoms with Crippen LogP contribution in [0.5, 0.6) is 0 Å². The van der Waals surface area contributed by atoms with Crippen molar-refractivity contribution in [2.75, 3.05) is 0 Å². The number of halogens is 2. The Balaban J connectivity index is 0.00000144. The maximum absolute atomic E-state index is 6.05. The summed E-state index contributed by atoms with van der Waals surface area (Å²) in [6.07, 6.45) is 0.910. The Morgan fingerprint density at radius 2 is 2.08 bits per heavy atom. The van der Waals surface area contributed by atoms with Gasteiger partial charge in [0.1, 0.15) is 0 Å². The smallest absolute Gasteiger partial charge is 0.0409 e. The maximum atomic E-state index is 6.05. The Hall–Kier alpha value is -0.240. The van der Waals surface area contributed by atoms with Crippen LogP contribution in [0.3, 0.4) is 0 Å². The minimum Gasteiger partial charge on any atom is -0.322 e. The van der Waals surface area contributed by atoms with Gasteiger partial charge in [-0.1, -0.05) is 30.7 Å². The Morgan fingerprint density at radius 1 is 1.46 bits per heavy atom. The summed E-state index contributed by atoms with van der Waals surface area (Å²) in [5, 5.41) is 0.748. The highest BCUT2D eigenvalue weighted by molar-refractivity contribution is 6.30. The Morgan fingerprint density at radius 3 is 2.54 bits per heavy atom. The van der Waals surface area contributed by atoms with E-state index in [9.17, 15) is 0 Å². The van der Waals surface area contributed by atoms with Gasteiger partial charge in [-0.15, -0.1) is 12.4 Å². The van der Waals surface area contributed by atoms with E-state index in [2.05, 4.69) is 6.92 Å². The maximum Gasteiger partial charge on any atom is 0.0409 e. The van der Waals surface area contributed by atoms with Gasteiger partial charge in [0.25, 0.3) is 0 Å². The number of hydrogen-bond donors (Lipinski definition) is 1. The van der Waals surface area contributed by atoms with Gasteiger partial charge in [0.2, 0.25) is 0 Å². The second-order valence-corrected chi connectivity index (χ2v) is 3.72. The van der Waals surface area contributed by atoms with Crippen molar-refractivity contribution < 1.29 is 0 Å². The third-order valence-corrected chi connectivity index (χ3v) is 2.45. The lowest BCUT2D eigenvalue weighted by molar-refractivity contribution is 0.476. The standard InChI is InChI=1S/C10H14ClN.ClH/c1-3-10(2,12)8-5-4-6-9(11)7-8;/h4-7H,3,12H2,1-2H3;1H. The Kier molecular flexibility index (Phi) is 4.76. The Labute approximate surface area is 90.7 Å². The molecule has 0 heterocycles. The summed E-state index contributed by atoms with van der Waals surface area (Å²) < 4.78 is 0. The summed E-state index contributed by atoms with van der Waals surface area (Å²) in [6.45, 7) is 4.08. The molecule has 0 aliphatic carbocycles. The number of benzene rings is 1. The zero-order chi connectivity index (χ0) is 9.19. The van der Waals surface area contributed by atoms with E-state index in [0.29, 0.717) is 0 Å². The number of nitrogens with two attached hydrogens (primary N) is 1. The van der Waals surface area contributed by atoms with Crippen LogP contribution in [0.1, 0.15) is 25.8 Å². The van der Waals surface area contributed by atoms with Crippen molar-refractivity contribution in [1.82, 2.24) is 0 Å². The lowest BCUT2D eigenvalue weighted by atomic mass is 9.91. The normalized spacial score (nSPS) is 14.5. The van der Waals surface area contributed by atoms with Gasteiger partial charge in [0.05, 0.1) is 0 Å². The minimum absolute atomic E-state index is 0. The highest BCUT2D eigenvalue weighted by Gasteiger charge is 2.17. The van der Waals surface area contributed by atoms with Crippen molar-refractivity contribution >= 4 is 24.0 Å². The summed E-state index contributed by atoms with van der Waals surface area (Å²) >= 11 is 5.85. The van der Waals surface area contributed by atoms with Gasteiger partial charge in [-0.05, 0) is 31.0 Å². The van der Waals surface area contributed by atoms with Crippen molar-refractivity contribution in [1.29, 1.82) is 0 Å². The van der Waals surface area contributed by atoms with Crippen LogP contribution in [0.4, 0.5) is 0 Å². The molecular weight excluding hydrogens is 205 g/mol. The fourth-order valence-corrected chi connectivity index (χ4v) is 1.24. The first-order valence-corrected chi connectivity index (χ1v) is 4.49. The molecule has 1 nitrogen and oxygen atoms in total.